The summed E-state index contributed by atoms with van der Waals surface area (Å²) in [7, 11) is 0. The van der Waals surface area contributed by atoms with Crippen molar-refractivity contribution >= 4 is 65.6 Å². The number of para-hydroxylation sites is 4. The molecule has 274 valence electrons. The minimum absolute atomic E-state index is 0.431. The average molecular weight is 755 g/mol. The first kappa shape index (κ1) is 32.9. The fourth-order valence-corrected chi connectivity index (χ4v) is 8.88. The van der Waals surface area contributed by atoms with Gasteiger partial charge in [-0.1, -0.05) is 133 Å². The Kier molecular flexibility index (Phi) is 7.16. The van der Waals surface area contributed by atoms with E-state index in [1.807, 2.05) is 84.9 Å². The van der Waals surface area contributed by atoms with E-state index in [1.54, 1.807) is 0 Å². The minimum Gasteiger partial charge on any atom is -0.455 e. The molecule has 0 aliphatic carbocycles. The molecule has 0 aliphatic heterocycles. The summed E-state index contributed by atoms with van der Waals surface area (Å²) in [5.74, 6) is 1.51. The third-order valence-electron chi connectivity index (χ3n) is 11.4. The van der Waals surface area contributed by atoms with Crippen molar-refractivity contribution in [3.8, 4) is 51.6 Å². The quantitative estimate of drug-likeness (QED) is 0.175. The summed E-state index contributed by atoms with van der Waals surface area (Å²) in [5, 5.41) is 17.4. The largest absolute Gasteiger partial charge is 0.455 e. The van der Waals surface area contributed by atoms with Gasteiger partial charge in [-0.3, -0.25) is 0 Å². The zero-order valence-corrected chi connectivity index (χ0v) is 31.4. The smallest absolute Gasteiger partial charge is 0.165 e. The van der Waals surface area contributed by atoms with Crippen LogP contribution in [0.5, 0.6) is 0 Å². The Morgan fingerprint density at radius 3 is 1.56 bits per heavy atom. The van der Waals surface area contributed by atoms with Crippen molar-refractivity contribution in [3.05, 3.63) is 188 Å². The SMILES string of the molecule is N#Cc1cc(-n2c3ccccc3c3c4c(c5ccccc5n4-c4ccccc4)c4oc5ccccc5c4c32)ccc1-c1nc(-c2ccccc2)nc(-c2ccccc2)n1. The van der Waals surface area contributed by atoms with Crippen molar-refractivity contribution in [2.75, 3.05) is 0 Å². The molecule has 4 heterocycles. The molecule has 0 bridgehead atoms. The molecule has 0 spiro atoms. The predicted octanol–water partition coefficient (Wildman–Crippen LogP) is 12.8. The lowest BCUT2D eigenvalue weighted by Crippen LogP contribution is -2.02. The van der Waals surface area contributed by atoms with Crippen LogP contribution in [-0.4, -0.2) is 24.1 Å². The van der Waals surface area contributed by atoms with Gasteiger partial charge in [0.1, 0.15) is 11.2 Å². The van der Waals surface area contributed by atoms with Gasteiger partial charge in [0.05, 0.1) is 44.5 Å². The summed E-state index contributed by atoms with van der Waals surface area (Å²) in [6, 6.07) is 64.2. The lowest BCUT2D eigenvalue weighted by molar-refractivity contribution is 0.673. The number of hydrogen-bond acceptors (Lipinski definition) is 5. The number of hydrogen-bond donors (Lipinski definition) is 0. The first-order valence-corrected chi connectivity index (χ1v) is 19.5. The zero-order valence-electron chi connectivity index (χ0n) is 31.4. The monoisotopic (exact) mass is 754 g/mol. The normalized spacial score (nSPS) is 11.7. The molecule has 7 heteroatoms. The predicted molar refractivity (Wildman–Crippen MR) is 237 cm³/mol. The third kappa shape index (κ3) is 4.90. The highest BCUT2D eigenvalue weighted by Crippen LogP contribution is 2.49. The summed E-state index contributed by atoms with van der Waals surface area (Å²) >= 11 is 0. The molecule has 0 fully saturated rings. The van der Waals surface area contributed by atoms with Gasteiger partial charge in [-0.15, -0.1) is 0 Å². The van der Waals surface area contributed by atoms with Crippen LogP contribution in [0, 0.1) is 11.3 Å². The third-order valence-corrected chi connectivity index (χ3v) is 11.4. The first-order valence-electron chi connectivity index (χ1n) is 19.5. The van der Waals surface area contributed by atoms with Crippen LogP contribution in [0.15, 0.2) is 186 Å². The topological polar surface area (TPSA) is 85.5 Å². The van der Waals surface area contributed by atoms with Crippen LogP contribution in [0.2, 0.25) is 0 Å². The standard InChI is InChI=1S/C52H30N6O/c53-31-34-30-36(28-29-37(34)52-55-50(32-16-4-1-5-17-32)54-51(56-52)33-18-6-2-7-19-33)58-41-25-13-10-22-38(41)44-47-45(49-46(48(44)58)40-24-12-15-27-43(40)59-49)39-23-11-14-26-42(39)57(47)35-20-8-3-9-21-35/h1-30H. The molecule has 0 saturated carbocycles. The zero-order chi connectivity index (χ0) is 39.0. The van der Waals surface area contributed by atoms with Gasteiger partial charge in [-0.25, -0.2) is 15.0 Å². The lowest BCUT2D eigenvalue weighted by Gasteiger charge is -2.13. The van der Waals surface area contributed by atoms with E-state index in [1.165, 1.54) is 0 Å². The number of furan rings is 1. The molecule has 4 aromatic heterocycles. The Morgan fingerprint density at radius 1 is 0.441 bits per heavy atom. The fraction of sp³-hybridized carbons (Fsp3) is 0. The number of nitriles is 1. The highest BCUT2D eigenvalue weighted by molar-refractivity contribution is 6.39. The van der Waals surface area contributed by atoms with Crippen molar-refractivity contribution in [1.29, 1.82) is 5.26 Å². The Bertz CT molecular complexity index is 3610. The van der Waals surface area contributed by atoms with Gasteiger partial charge >= 0.3 is 0 Å². The van der Waals surface area contributed by atoms with Gasteiger partial charge in [0.15, 0.2) is 17.5 Å². The van der Waals surface area contributed by atoms with Gasteiger partial charge in [-0.2, -0.15) is 5.26 Å². The van der Waals surface area contributed by atoms with Crippen molar-refractivity contribution < 1.29 is 4.42 Å². The Hall–Kier alpha value is -8.34. The van der Waals surface area contributed by atoms with E-state index in [4.69, 9.17) is 19.4 Å². The van der Waals surface area contributed by atoms with Gasteiger partial charge in [0, 0.05) is 49.6 Å². The summed E-state index contributed by atoms with van der Waals surface area (Å²) in [6.07, 6.45) is 0. The van der Waals surface area contributed by atoms with E-state index in [0.717, 1.165) is 88.1 Å². The Balaban J connectivity index is 1.19. The van der Waals surface area contributed by atoms with E-state index in [-0.39, 0.29) is 0 Å². The molecule has 0 N–H and O–H groups in total. The maximum absolute atomic E-state index is 10.9. The van der Waals surface area contributed by atoms with Crippen LogP contribution in [0.1, 0.15) is 5.56 Å². The van der Waals surface area contributed by atoms with Crippen molar-refractivity contribution in [2.24, 2.45) is 0 Å². The molecule has 0 saturated heterocycles. The summed E-state index contributed by atoms with van der Waals surface area (Å²) in [6.45, 7) is 0. The fourth-order valence-electron chi connectivity index (χ4n) is 8.88. The Morgan fingerprint density at radius 2 is 0.932 bits per heavy atom. The van der Waals surface area contributed by atoms with Crippen molar-refractivity contribution in [3.63, 3.8) is 0 Å². The molecule has 0 unspecified atom stereocenters. The number of aromatic nitrogens is 5. The molecule has 0 atom stereocenters. The van der Waals surface area contributed by atoms with Crippen LogP contribution in [0.25, 0.3) is 111 Å². The van der Waals surface area contributed by atoms with E-state index >= 15 is 0 Å². The highest BCUT2D eigenvalue weighted by atomic mass is 16.3. The van der Waals surface area contributed by atoms with E-state index in [9.17, 15) is 5.26 Å². The lowest BCUT2D eigenvalue weighted by atomic mass is 10.0. The van der Waals surface area contributed by atoms with E-state index in [2.05, 4.69) is 112 Å². The molecule has 12 rings (SSSR count). The molecular weight excluding hydrogens is 725 g/mol. The Labute approximate surface area is 337 Å². The average Bonchev–Trinajstić information content (AvgIpc) is 3.97. The summed E-state index contributed by atoms with van der Waals surface area (Å²) in [5.41, 5.74) is 10.5. The molecule has 12 aromatic rings. The van der Waals surface area contributed by atoms with Gasteiger partial charge in [-0.05, 0) is 48.5 Å². The van der Waals surface area contributed by atoms with Gasteiger partial charge < -0.3 is 13.6 Å². The van der Waals surface area contributed by atoms with Crippen LogP contribution >= 0.6 is 0 Å². The maximum Gasteiger partial charge on any atom is 0.165 e. The van der Waals surface area contributed by atoms with Crippen LogP contribution < -0.4 is 0 Å². The molecular formula is C52H30N6O. The first-order chi connectivity index (χ1) is 29.2. The summed E-state index contributed by atoms with van der Waals surface area (Å²) < 4.78 is 11.6. The second kappa shape index (κ2) is 12.8. The molecule has 8 aromatic carbocycles. The second-order valence-electron chi connectivity index (χ2n) is 14.7. The van der Waals surface area contributed by atoms with Gasteiger partial charge in [0.2, 0.25) is 0 Å². The van der Waals surface area contributed by atoms with Crippen molar-refractivity contribution in [2.45, 2.75) is 0 Å². The van der Waals surface area contributed by atoms with Crippen molar-refractivity contribution in [1.82, 2.24) is 24.1 Å². The van der Waals surface area contributed by atoms with Crippen LogP contribution in [-0.2, 0) is 0 Å². The number of nitrogens with zero attached hydrogens (tertiary/aromatic N) is 6. The van der Waals surface area contributed by atoms with E-state index < -0.39 is 0 Å². The molecule has 0 amide bonds. The second-order valence-corrected chi connectivity index (χ2v) is 14.7. The van der Waals surface area contributed by atoms with Crippen LogP contribution in [0.4, 0.5) is 0 Å². The molecule has 0 aliphatic rings. The maximum atomic E-state index is 10.9. The molecule has 0 radical (unpaired) electrons. The highest BCUT2D eigenvalue weighted by Gasteiger charge is 2.28. The van der Waals surface area contributed by atoms with Gasteiger partial charge in [0.25, 0.3) is 0 Å². The summed E-state index contributed by atoms with van der Waals surface area (Å²) in [4.78, 5) is 14.8. The minimum atomic E-state index is 0.431. The molecule has 7 nitrogen and oxygen atoms in total. The number of benzene rings is 8. The number of fused-ring (bicyclic) bond motifs is 12. The van der Waals surface area contributed by atoms with Crippen LogP contribution in [0.3, 0.4) is 0 Å². The number of rotatable bonds is 5. The van der Waals surface area contributed by atoms with E-state index in [0.29, 0.717) is 28.6 Å². The molecule has 59 heavy (non-hydrogen) atoms.